The van der Waals surface area contributed by atoms with E-state index in [-0.39, 0.29) is 43.8 Å². The highest BCUT2D eigenvalue weighted by Gasteiger charge is 2.32. The molecule has 1 rings (SSSR count). The minimum absolute atomic E-state index is 0.00515. The van der Waals surface area contributed by atoms with Crippen molar-refractivity contribution >= 4 is 28.9 Å². The van der Waals surface area contributed by atoms with Crippen LogP contribution < -0.4 is 0 Å². The van der Waals surface area contributed by atoms with Crippen molar-refractivity contribution in [3.8, 4) is 0 Å². The minimum Gasteiger partial charge on any atom is -0.481 e. The number of carboxylic acids is 1. The number of thioether (sulfide) groups is 1. The van der Waals surface area contributed by atoms with Crippen LogP contribution in [0.3, 0.4) is 0 Å². The Labute approximate surface area is 148 Å². The van der Waals surface area contributed by atoms with Gasteiger partial charge in [-0.15, -0.1) is 10.1 Å². The molecule has 10 nitrogen and oxygen atoms in total. The molecular weight excluding hydrogens is 356 g/mol. The maximum Gasteiger partial charge on any atom is 0.367 e. The van der Waals surface area contributed by atoms with Crippen molar-refractivity contribution < 1.29 is 34.2 Å². The van der Waals surface area contributed by atoms with Gasteiger partial charge in [0.05, 0.1) is 19.6 Å². The van der Waals surface area contributed by atoms with E-state index in [0.29, 0.717) is 13.0 Å². The lowest BCUT2D eigenvalue weighted by atomic mass is 10.1. The second-order valence-corrected chi connectivity index (χ2v) is 6.60. The Balaban J connectivity index is 2.27. The van der Waals surface area contributed by atoms with E-state index in [1.165, 1.54) is 0 Å². The number of carbonyl (C=O) groups is 3. The third-order valence-electron chi connectivity index (χ3n) is 3.65. The van der Waals surface area contributed by atoms with Gasteiger partial charge in [0.2, 0.25) is 5.91 Å². The molecule has 0 aromatic carbocycles. The third kappa shape index (κ3) is 8.05. The Morgan fingerprint density at radius 1 is 1.40 bits per heavy atom. The molecule has 1 N–H and O–H groups in total. The van der Waals surface area contributed by atoms with Crippen LogP contribution >= 0.6 is 11.8 Å². The summed E-state index contributed by atoms with van der Waals surface area (Å²) in [6, 6.07) is -0.286. The van der Waals surface area contributed by atoms with E-state index in [4.69, 9.17) is 9.84 Å². The summed E-state index contributed by atoms with van der Waals surface area (Å²) >= 11 is 0.851. The Kier molecular flexibility index (Phi) is 9.03. The lowest BCUT2D eigenvalue weighted by Crippen LogP contribution is -2.40. The van der Waals surface area contributed by atoms with Crippen molar-refractivity contribution in [3.05, 3.63) is 10.1 Å². The predicted octanol–water partition coefficient (Wildman–Crippen LogP) is 1.56. The largest absolute Gasteiger partial charge is 0.481 e. The molecule has 2 atom stereocenters. The molecule has 142 valence electrons. The van der Waals surface area contributed by atoms with Gasteiger partial charge in [-0.3, -0.25) is 9.59 Å². The number of aliphatic carboxylic acids is 1. The quantitative estimate of drug-likeness (QED) is 0.260. The number of likely N-dealkylation sites (tertiary alicyclic amines) is 1. The molecule has 1 amide bonds. The number of hydrogen-bond acceptors (Lipinski definition) is 8. The molecule has 0 radical (unpaired) electrons. The molecule has 0 spiro atoms. The molecule has 1 saturated heterocycles. The summed E-state index contributed by atoms with van der Waals surface area (Å²) in [5, 5.41) is 17.3. The van der Waals surface area contributed by atoms with Crippen LogP contribution in [0.4, 0.5) is 4.79 Å². The molecule has 1 heterocycles. The number of amides is 1. The molecule has 11 heteroatoms. The number of nitrogens with zero attached hydrogens (tertiary/aromatic N) is 2. The van der Waals surface area contributed by atoms with E-state index in [9.17, 15) is 24.5 Å². The predicted molar refractivity (Wildman–Crippen MR) is 87.5 cm³/mol. The minimum atomic E-state index is -0.934. The van der Waals surface area contributed by atoms with E-state index in [0.717, 1.165) is 18.2 Å². The summed E-state index contributed by atoms with van der Waals surface area (Å²) in [7, 11) is 0. The van der Waals surface area contributed by atoms with Gasteiger partial charge in [0.1, 0.15) is 0 Å². The molecule has 0 aliphatic carbocycles. The summed E-state index contributed by atoms with van der Waals surface area (Å²) < 4.78 is 4.87. The molecule has 0 bridgehead atoms. The van der Waals surface area contributed by atoms with Crippen LogP contribution in [0.1, 0.15) is 32.6 Å². The fourth-order valence-corrected chi connectivity index (χ4v) is 3.18. The zero-order valence-corrected chi connectivity index (χ0v) is 14.7. The van der Waals surface area contributed by atoms with Gasteiger partial charge in [-0.25, -0.2) is 4.79 Å². The SMILES string of the molecule is C[C@H](CSC(=O)OCCCO[N+](=O)[O-])C(=O)N1CCCC1CC(=O)O. The lowest BCUT2D eigenvalue weighted by molar-refractivity contribution is -0.757. The van der Waals surface area contributed by atoms with Crippen molar-refractivity contribution in [3.63, 3.8) is 0 Å². The van der Waals surface area contributed by atoms with Gasteiger partial charge in [0, 0.05) is 30.7 Å². The van der Waals surface area contributed by atoms with Crippen LogP contribution in [0.5, 0.6) is 0 Å². The average molecular weight is 378 g/mol. The maximum absolute atomic E-state index is 12.4. The molecule has 1 aliphatic rings. The van der Waals surface area contributed by atoms with Crippen LogP contribution in [0.15, 0.2) is 0 Å². The standard InChI is InChI=1S/C14H22N2O8S/c1-10(9-25-14(20)23-6-3-7-24-16(21)22)13(19)15-5-2-4-11(15)8-12(17)18/h10-11H,2-9H2,1H3,(H,17,18)/t10-,11?/m1/s1. The van der Waals surface area contributed by atoms with Gasteiger partial charge >= 0.3 is 11.3 Å². The van der Waals surface area contributed by atoms with Crippen molar-refractivity contribution in [2.45, 2.75) is 38.6 Å². The van der Waals surface area contributed by atoms with Gasteiger partial charge in [-0.2, -0.15) is 0 Å². The average Bonchev–Trinajstić information content (AvgIpc) is 2.98. The number of carboxylic acid groups (broad SMARTS) is 1. The number of rotatable bonds is 10. The second kappa shape index (κ2) is 10.7. The molecule has 0 aromatic heterocycles. The zero-order valence-electron chi connectivity index (χ0n) is 13.9. The fourth-order valence-electron chi connectivity index (χ4n) is 2.48. The van der Waals surface area contributed by atoms with Crippen molar-refractivity contribution in [2.75, 3.05) is 25.5 Å². The van der Waals surface area contributed by atoms with Crippen molar-refractivity contribution in [1.29, 1.82) is 0 Å². The summed E-state index contributed by atoms with van der Waals surface area (Å²) in [6.45, 7) is 2.06. The summed E-state index contributed by atoms with van der Waals surface area (Å²) in [5.74, 6) is -1.32. The lowest BCUT2D eigenvalue weighted by Gasteiger charge is -2.26. The first-order valence-electron chi connectivity index (χ1n) is 7.90. The monoisotopic (exact) mass is 378 g/mol. The molecule has 0 saturated carbocycles. The highest BCUT2D eigenvalue weighted by atomic mass is 32.2. The van der Waals surface area contributed by atoms with Crippen molar-refractivity contribution in [2.24, 2.45) is 5.92 Å². The van der Waals surface area contributed by atoms with E-state index in [2.05, 4.69) is 4.84 Å². The smallest absolute Gasteiger partial charge is 0.367 e. The summed E-state index contributed by atoms with van der Waals surface area (Å²) in [4.78, 5) is 50.4. The molecule has 1 aliphatic heterocycles. The van der Waals surface area contributed by atoms with Gasteiger partial charge in [-0.05, 0) is 24.6 Å². The normalized spacial score (nSPS) is 17.8. The van der Waals surface area contributed by atoms with Crippen LogP contribution in [-0.4, -0.2) is 63.8 Å². The first-order chi connectivity index (χ1) is 11.8. The highest BCUT2D eigenvalue weighted by molar-refractivity contribution is 8.13. The Morgan fingerprint density at radius 3 is 2.76 bits per heavy atom. The van der Waals surface area contributed by atoms with Crippen molar-refractivity contribution in [1.82, 2.24) is 4.90 Å². The van der Waals surface area contributed by atoms with Gasteiger partial charge in [-0.1, -0.05) is 6.92 Å². The Hall–Kier alpha value is -2.04. The maximum atomic E-state index is 12.4. The van der Waals surface area contributed by atoms with E-state index in [1.807, 2.05) is 0 Å². The third-order valence-corrected chi connectivity index (χ3v) is 4.67. The fraction of sp³-hybridized carbons (Fsp3) is 0.786. The van der Waals surface area contributed by atoms with Crippen LogP contribution in [0.2, 0.25) is 0 Å². The molecular formula is C14H22N2O8S. The second-order valence-electron chi connectivity index (χ2n) is 5.65. The van der Waals surface area contributed by atoms with E-state index >= 15 is 0 Å². The first-order valence-corrected chi connectivity index (χ1v) is 8.89. The van der Waals surface area contributed by atoms with Gasteiger partial charge in [0.15, 0.2) is 0 Å². The molecule has 0 aromatic rings. The van der Waals surface area contributed by atoms with Crippen LogP contribution in [-0.2, 0) is 19.2 Å². The van der Waals surface area contributed by atoms with Crippen LogP contribution in [0, 0.1) is 16.0 Å². The molecule has 1 fully saturated rings. The first kappa shape index (κ1) is 21.0. The number of ether oxygens (including phenoxy) is 1. The molecule has 25 heavy (non-hydrogen) atoms. The Morgan fingerprint density at radius 2 is 2.12 bits per heavy atom. The van der Waals surface area contributed by atoms with Gasteiger partial charge < -0.3 is 19.6 Å². The number of hydrogen-bond donors (Lipinski definition) is 1. The summed E-state index contributed by atoms with van der Waals surface area (Å²) in [6.07, 6.45) is 1.58. The number of carbonyl (C=O) groups excluding carboxylic acids is 2. The summed E-state index contributed by atoms with van der Waals surface area (Å²) in [5.41, 5.74) is 0. The van der Waals surface area contributed by atoms with Gasteiger partial charge in [0.25, 0.3) is 5.09 Å². The highest BCUT2D eigenvalue weighted by Crippen LogP contribution is 2.24. The van der Waals surface area contributed by atoms with Crippen LogP contribution in [0.25, 0.3) is 0 Å². The topological polar surface area (TPSA) is 136 Å². The van der Waals surface area contributed by atoms with E-state index < -0.39 is 22.3 Å². The van der Waals surface area contributed by atoms with E-state index in [1.54, 1.807) is 11.8 Å². The molecule has 1 unspecified atom stereocenters. The Bertz CT molecular complexity index is 501. The zero-order chi connectivity index (χ0) is 18.8.